The van der Waals surface area contributed by atoms with Gasteiger partial charge in [0.05, 0.1) is 26.4 Å². The Morgan fingerprint density at radius 1 is 0.330 bits per heavy atom. The van der Waals surface area contributed by atoms with E-state index in [0.717, 1.165) is 114 Å². The highest BCUT2D eigenvalue weighted by molar-refractivity contribution is 7.47. The van der Waals surface area contributed by atoms with E-state index in [9.17, 15) is 43.2 Å². The normalized spacial score (nSPS) is 14.5. The maximum absolute atomic E-state index is 13.0. The minimum Gasteiger partial charge on any atom is -0.462 e. The average Bonchev–Trinajstić information content (AvgIpc) is 3.59. The van der Waals surface area contributed by atoms with E-state index in [1.54, 1.807) is 0 Å². The van der Waals surface area contributed by atoms with Crippen molar-refractivity contribution in [2.75, 3.05) is 39.6 Å². The summed E-state index contributed by atoms with van der Waals surface area (Å²) in [4.78, 5) is 72.5. The lowest BCUT2D eigenvalue weighted by molar-refractivity contribution is -0.161. The summed E-state index contributed by atoms with van der Waals surface area (Å²) >= 11 is 0. The van der Waals surface area contributed by atoms with E-state index < -0.39 is 97.5 Å². The fourth-order valence-corrected chi connectivity index (χ4v) is 11.9. The topological polar surface area (TPSA) is 237 Å². The quantitative estimate of drug-likeness (QED) is 0.0222. The van der Waals surface area contributed by atoms with Crippen LogP contribution in [0, 0.1) is 17.8 Å². The van der Waals surface area contributed by atoms with Crippen molar-refractivity contribution in [3.63, 3.8) is 0 Å². The van der Waals surface area contributed by atoms with Crippen molar-refractivity contribution in [3.8, 4) is 0 Å². The Morgan fingerprint density at radius 2 is 0.580 bits per heavy atom. The van der Waals surface area contributed by atoms with Crippen LogP contribution in [0.1, 0.15) is 344 Å². The van der Waals surface area contributed by atoms with Crippen LogP contribution in [0.4, 0.5) is 0 Å². The minimum atomic E-state index is -4.95. The zero-order valence-electron chi connectivity index (χ0n) is 57.2. The second-order valence-corrected chi connectivity index (χ2v) is 29.0. The standard InChI is InChI=1S/C69H134O17P2/c1-8-10-11-12-13-14-15-16-24-29-38-45-52-68(73)86-65(57-80-67(72)51-44-37-32-31-35-42-49-62(7)9-2)59-84-88(77,78)82-55-63(70)54-81-87(75,76)83-58-64(85-69(74)53-46-39-30-25-20-18-22-27-34-41-48-61(5)6)56-79-66(71)50-43-36-28-23-19-17-21-26-33-40-47-60(3)4/h60-65,70H,8-59H2,1-7H3,(H,75,76)(H,77,78)/t62?,63-,64-,65-/m1/s1. The van der Waals surface area contributed by atoms with Gasteiger partial charge in [0.25, 0.3) is 0 Å². The molecule has 0 aromatic rings. The number of carbonyl (C=O) groups is 4. The molecule has 0 aliphatic rings. The molecule has 0 heterocycles. The molecule has 0 amide bonds. The molecule has 0 bridgehead atoms. The van der Waals surface area contributed by atoms with E-state index in [-0.39, 0.29) is 25.7 Å². The highest BCUT2D eigenvalue weighted by Gasteiger charge is 2.30. The summed E-state index contributed by atoms with van der Waals surface area (Å²) in [6, 6.07) is 0. The number of aliphatic hydroxyl groups excluding tert-OH is 1. The van der Waals surface area contributed by atoms with Crippen molar-refractivity contribution in [1.82, 2.24) is 0 Å². The van der Waals surface area contributed by atoms with Crippen molar-refractivity contribution in [2.24, 2.45) is 17.8 Å². The Kier molecular flexibility index (Phi) is 58.7. The second kappa shape index (κ2) is 60.0. The van der Waals surface area contributed by atoms with Gasteiger partial charge in [-0.15, -0.1) is 0 Å². The van der Waals surface area contributed by atoms with E-state index in [2.05, 4.69) is 48.5 Å². The summed E-state index contributed by atoms with van der Waals surface area (Å²) in [6.45, 7) is 11.8. The molecule has 0 saturated carbocycles. The fraction of sp³-hybridized carbons (Fsp3) is 0.942. The molecule has 0 saturated heterocycles. The molecule has 0 spiro atoms. The van der Waals surface area contributed by atoms with Crippen LogP contribution >= 0.6 is 15.6 Å². The summed E-state index contributed by atoms with van der Waals surface area (Å²) < 4.78 is 68.2. The van der Waals surface area contributed by atoms with E-state index in [1.165, 1.54) is 148 Å². The van der Waals surface area contributed by atoms with Crippen molar-refractivity contribution in [1.29, 1.82) is 0 Å². The van der Waals surface area contributed by atoms with Crippen LogP contribution in [0.15, 0.2) is 0 Å². The fourth-order valence-electron chi connectivity index (χ4n) is 10.3. The summed E-state index contributed by atoms with van der Waals surface area (Å²) in [5.41, 5.74) is 0. The number of hydrogen-bond donors (Lipinski definition) is 3. The van der Waals surface area contributed by atoms with Gasteiger partial charge in [-0.2, -0.15) is 0 Å². The Morgan fingerprint density at radius 3 is 0.864 bits per heavy atom. The summed E-state index contributed by atoms with van der Waals surface area (Å²) in [7, 11) is -9.90. The van der Waals surface area contributed by atoms with Gasteiger partial charge >= 0.3 is 39.5 Å². The van der Waals surface area contributed by atoms with Crippen molar-refractivity contribution in [3.05, 3.63) is 0 Å². The highest BCUT2D eigenvalue weighted by atomic mass is 31.2. The molecule has 0 aliphatic carbocycles. The van der Waals surface area contributed by atoms with Gasteiger partial charge in [0.1, 0.15) is 19.3 Å². The molecule has 19 heteroatoms. The monoisotopic (exact) mass is 1300 g/mol. The first-order valence-electron chi connectivity index (χ1n) is 35.9. The number of phosphoric acid groups is 2. The van der Waals surface area contributed by atoms with E-state index in [4.69, 9.17) is 37.0 Å². The maximum atomic E-state index is 13.0. The first kappa shape index (κ1) is 86.1. The molecule has 6 atom stereocenters. The molecule has 0 aromatic heterocycles. The van der Waals surface area contributed by atoms with E-state index in [1.807, 2.05) is 0 Å². The van der Waals surface area contributed by atoms with Gasteiger partial charge in [0.2, 0.25) is 0 Å². The number of carbonyl (C=O) groups excluding carboxylic acids is 4. The molecule has 3 unspecified atom stereocenters. The molecular weight excluding hydrogens is 1160 g/mol. The Hall–Kier alpha value is -1.94. The number of ether oxygens (including phenoxy) is 4. The van der Waals surface area contributed by atoms with Gasteiger partial charge in [0.15, 0.2) is 12.2 Å². The van der Waals surface area contributed by atoms with E-state index >= 15 is 0 Å². The number of esters is 4. The predicted molar refractivity (Wildman–Crippen MR) is 354 cm³/mol. The SMILES string of the molecule is CCCCCCCCCCCCCCC(=O)O[C@H](COC(=O)CCCCCCCCC(C)CC)COP(=O)(O)OC[C@H](O)COP(=O)(O)OC[C@@H](COC(=O)CCCCCCCCCCCCC(C)C)OC(=O)CCCCCCCCCCCCC(C)C. The zero-order chi connectivity index (χ0) is 65.2. The second-order valence-electron chi connectivity index (χ2n) is 26.1. The van der Waals surface area contributed by atoms with Gasteiger partial charge < -0.3 is 33.8 Å². The molecule has 0 aromatic carbocycles. The van der Waals surface area contributed by atoms with Crippen LogP contribution in [-0.2, 0) is 65.4 Å². The van der Waals surface area contributed by atoms with Crippen LogP contribution in [-0.4, -0.2) is 96.7 Å². The Bertz CT molecular complexity index is 1730. The third kappa shape index (κ3) is 61.6. The predicted octanol–water partition coefficient (Wildman–Crippen LogP) is 19.5. The zero-order valence-corrected chi connectivity index (χ0v) is 59.0. The van der Waals surface area contributed by atoms with Crippen molar-refractivity contribution < 1.29 is 80.2 Å². The average molecular weight is 1300 g/mol. The molecule has 0 aliphatic heterocycles. The molecular formula is C69H134O17P2. The first-order valence-corrected chi connectivity index (χ1v) is 38.9. The summed E-state index contributed by atoms with van der Waals surface area (Å²) in [5.74, 6) is 0.114. The number of phosphoric ester groups is 2. The molecule has 0 rings (SSSR count). The van der Waals surface area contributed by atoms with Gasteiger partial charge in [0, 0.05) is 25.7 Å². The lowest BCUT2D eigenvalue weighted by Crippen LogP contribution is -2.30. The summed E-state index contributed by atoms with van der Waals surface area (Å²) in [5, 5.41) is 10.6. The number of unbranched alkanes of at least 4 members (excludes halogenated alkanes) is 34. The smallest absolute Gasteiger partial charge is 0.462 e. The number of aliphatic hydroxyl groups is 1. The molecule has 17 nitrogen and oxygen atoms in total. The van der Waals surface area contributed by atoms with Crippen molar-refractivity contribution >= 4 is 39.5 Å². The molecule has 0 fully saturated rings. The lowest BCUT2D eigenvalue weighted by Gasteiger charge is -2.21. The minimum absolute atomic E-state index is 0.105. The van der Waals surface area contributed by atoms with Crippen LogP contribution in [0.3, 0.4) is 0 Å². The molecule has 0 radical (unpaired) electrons. The molecule has 88 heavy (non-hydrogen) atoms. The van der Waals surface area contributed by atoms with Gasteiger partial charge in [-0.3, -0.25) is 37.3 Å². The molecule has 522 valence electrons. The van der Waals surface area contributed by atoms with Gasteiger partial charge in [-0.05, 0) is 43.4 Å². The highest BCUT2D eigenvalue weighted by Crippen LogP contribution is 2.45. The third-order valence-corrected chi connectivity index (χ3v) is 18.1. The number of hydrogen-bond acceptors (Lipinski definition) is 15. The van der Waals surface area contributed by atoms with Gasteiger partial charge in [-0.25, -0.2) is 9.13 Å². The Labute approximate surface area is 537 Å². The van der Waals surface area contributed by atoms with Crippen LogP contribution in [0.2, 0.25) is 0 Å². The van der Waals surface area contributed by atoms with Gasteiger partial charge in [-0.1, -0.05) is 292 Å². The Balaban J connectivity index is 5.26. The van der Waals surface area contributed by atoms with Crippen LogP contribution in [0.25, 0.3) is 0 Å². The number of rotatable bonds is 67. The van der Waals surface area contributed by atoms with E-state index in [0.29, 0.717) is 25.7 Å². The summed E-state index contributed by atoms with van der Waals surface area (Å²) in [6.07, 6.45) is 43.0. The largest absolute Gasteiger partial charge is 0.472 e. The first-order chi connectivity index (χ1) is 42.3. The maximum Gasteiger partial charge on any atom is 0.472 e. The van der Waals surface area contributed by atoms with Crippen LogP contribution in [0.5, 0.6) is 0 Å². The van der Waals surface area contributed by atoms with Crippen LogP contribution < -0.4 is 0 Å². The lowest BCUT2D eigenvalue weighted by atomic mass is 10.00. The molecule has 3 N–H and O–H groups in total. The third-order valence-electron chi connectivity index (χ3n) is 16.2. The van der Waals surface area contributed by atoms with Crippen molar-refractivity contribution in [2.45, 2.75) is 362 Å².